The van der Waals surface area contributed by atoms with Crippen molar-refractivity contribution in [3.05, 3.63) is 120 Å². The van der Waals surface area contributed by atoms with Gasteiger partial charge in [-0.2, -0.15) is 8.78 Å². The van der Waals surface area contributed by atoms with Gasteiger partial charge in [-0.3, -0.25) is 0 Å². The fourth-order valence-electron chi connectivity index (χ4n) is 4.25. The zero-order valence-electron chi connectivity index (χ0n) is 22.1. The monoisotopic (exact) mass is 550 g/mol. The van der Waals surface area contributed by atoms with Crippen LogP contribution in [0.15, 0.2) is 85.5 Å². The van der Waals surface area contributed by atoms with Crippen molar-refractivity contribution < 1.29 is 32.1 Å². The van der Waals surface area contributed by atoms with E-state index < -0.39 is 29.4 Å². The molecule has 3 nitrogen and oxygen atoms in total. The van der Waals surface area contributed by atoms with Crippen LogP contribution in [0.2, 0.25) is 0 Å². The normalized spacial score (nSPS) is 11.8. The van der Waals surface area contributed by atoms with Crippen molar-refractivity contribution in [2.24, 2.45) is 0 Å². The van der Waals surface area contributed by atoms with Crippen LogP contribution in [0.5, 0.6) is 11.5 Å². The van der Waals surface area contributed by atoms with E-state index in [2.05, 4.69) is 6.58 Å². The van der Waals surface area contributed by atoms with Gasteiger partial charge < -0.3 is 14.6 Å². The molecule has 0 saturated heterocycles. The van der Waals surface area contributed by atoms with Crippen molar-refractivity contribution in [1.29, 1.82) is 0 Å². The van der Waals surface area contributed by atoms with Gasteiger partial charge in [0.2, 0.25) is 11.6 Å². The fourth-order valence-corrected chi connectivity index (χ4v) is 4.25. The van der Waals surface area contributed by atoms with Gasteiger partial charge in [-0.1, -0.05) is 68.0 Å². The third kappa shape index (κ3) is 6.54. The third-order valence-corrected chi connectivity index (χ3v) is 6.50. The van der Waals surface area contributed by atoms with Gasteiger partial charge >= 0.3 is 0 Å². The second-order valence-corrected chi connectivity index (χ2v) is 9.32. The largest absolute Gasteiger partial charge is 0.490 e. The first-order valence-electron chi connectivity index (χ1n) is 13.0. The molecule has 208 valence electrons. The number of benzene rings is 4. The van der Waals surface area contributed by atoms with E-state index in [4.69, 9.17) is 9.47 Å². The van der Waals surface area contributed by atoms with Gasteiger partial charge in [0.05, 0.1) is 12.7 Å². The Morgan fingerprint density at radius 1 is 0.725 bits per heavy atom. The number of hydrogen-bond acceptors (Lipinski definition) is 3. The van der Waals surface area contributed by atoms with E-state index in [1.54, 1.807) is 54.6 Å². The van der Waals surface area contributed by atoms with Crippen LogP contribution in [-0.2, 0) is 6.61 Å². The molecular formula is C33H30F4O3. The predicted molar refractivity (Wildman–Crippen MR) is 148 cm³/mol. The van der Waals surface area contributed by atoms with Crippen molar-refractivity contribution in [3.8, 4) is 33.8 Å². The number of halogens is 4. The molecule has 0 bridgehead atoms. The fraction of sp³-hybridized carbons (Fsp3) is 0.212. The van der Waals surface area contributed by atoms with E-state index in [0.29, 0.717) is 29.5 Å². The standard InChI is InChI=1S/C33H30F4O3/c1-3-5-19-39-28-17-15-25(30(34)32(28)36)22-9-7-21(8-10-22)20-40-29-18-16-26(31(35)33(29)37)23-11-13-24(14-12-23)27(38)6-4-2/h3,7-18,27,38H,1,4-6,19-20H2,2H3. The summed E-state index contributed by atoms with van der Waals surface area (Å²) in [7, 11) is 0. The van der Waals surface area contributed by atoms with E-state index in [-0.39, 0.29) is 35.8 Å². The van der Waals surface area contributed by atoms with Crippen LogP contribution in [0.3, 0.4) is 0 Å². The second-order valence-electron chi connectivity index (χ2n) is 9.32. The Balaban J connectivity index is 1.43. The highest BCUT2D eigenvalue weighted by Gasteiger charge is 2.18. The minimum absolute atomic E-state index is 0.0626. The first kappa shape index (κ1) is 28.9. The van der Waals surface area contributed by atoms with E-state index in [1.165, 1.54) is 24.3 Å². The van der Waals surface area contributed by atoms with Gasteiger partial charge in [-0.15, -0.1) is 6.58 Å². The SMILES string of the molecule is C=CCCOc1ccc(-c2ccc(COc3ccc(-c4ccc(C(O)CCC)cc4)c(F)c3F)cc2)c(F)c1F. The van der Waals surface area contributed by atoms with Crippen molar-refractivity contribution in [1.82, 2.24) is 0 Å². The Labute approximate surface area is 231 Å². The first-order chi connectivity index (χ1) is 19.3. The maximum Gasteiger partial charge on any atom is 0.201 e. The molecule has 40 heavy (non-hydrogen) atoms. The average Bonchev–Trinajstić information content (AvgIpc) is 2.97. The van der Waals surface area contributed by atoms with E-state index >= 15 is 0 Å². The number of aliphatic hydroxyl groups excluding tert-OH is 1. The molecule has 7 heteroatoms. The van der Waals surface area contributed by atoms with E-state index in [9.17, 15) is 22.7 Å². The molecule has 0 saturated carbocycles. The molecule has 0 spiro atoms. The predicted octanol–water partition coefficient (Wildman–Crippen LogP) is 8.94. The topological polar surface area (TPSA) is 38.7 Å². The molecule has 0 amide bonds. The van der Waals surface area contributed by atoms with Crippen LogP contribution in [0.25, 0.3) is 22.3 Å². The lowest BCUT2D eigenvalue weighted by molar-refractivity contribution is 0.166. The van der Waals surface area contributed by atoms with Crippen LogP contribution in [0, 0.1) is 23.3 Å². The Hall–Kier alpha value is -4.10. The Morgan fingerprint density at radius 3 is 1.77 bits per heavy atom. The number of ether oxygens (including phenoxy) is 2. The van der Waals surface area contributed by atoms with Crippen molar-refractivity contribution in [2.45, 2.75) is 38.9 Å². The molecule has 4 aromatic carbocycles. The van der Waals surface area contributed by atoms with Crippen LogP contribution in [0.1, 0.15) is 43.4 Å². The molecular weight excluding hydrogens is 520 g/mol. The molecule has 1 unspecified atom stereocenters. The lowest BCUT2D eigenvalue weighted by Gasteiger charge is -2.13. The summed E-state index contributed by atoms with van der Waals surface area (Å²) in [6, 6.07) is 18.8. The molecule has 4 aromatic rings. The zero-order chi connectivity index (χ0) is 28.6. The molecule has 0 aliphatic rings. The third-order valence-electron chi connectivity index (χ3n) is 6.50. The Morgan fingerprint density at radius 2 is 1.25 bits per heavy atom. The van der Waals surface area contributed by atoms with Gasteiger partial charge in [0.15, 0.2) is 23.1 Å². The van der Waals surface area contributed by atoms with Crippen molar-refractivity contribution >= 4 is 0 Å². The molecule has 0 aromatic heterocycles. The zero-order valence-corrected chi connectivity index (χ0v) is 22.1. The number of aliphatic hydroxyl groups is 1. The van der Waals surface area contributed by atoms with Crippen molar-refractivity contribution in [3.63, 3.8) is 0 Å². The molecule has 1 atom stereocenters. The highest BCUT2D eigenvalue weighted by molar-refractivity contribution is 5.66. The van der Waals surface area contributed by atoms with Crippen LogP contribution in [-0.4, -0.2) is 11.7 Å². The summed E-state index contributed by atoms with van der Waals surface area (Å²) in [4.78, 5) is 0. The lowest BCUT2D eigenvalue weighted by atomic mass is 9.99. The summed E-state index contributed by atoms with van der Waals surface area (Å²) in [5.74, 6) is -4.66. The summed E-state index contributed by atoms with van der Waals surface area (Å²) in [5, 5.41) is 10.1. The second kappa shape index (κ2) is 13.3. The molecule has 0 fully saturated rings. The van der Waals surface area contributed by atoms with Gasteiger partial charge in [0.25, 0.3) is 0 Å². The summed E-state index contributed by atoms with van der Waals surface area (Å²) in [6.45, 7) is 5.66. The smallest absolute Gasteiger partial charge is 0.201 e. The minimum atomic E-state index is -1.11. The van der Waals surface area contributed by atoms with Crippen LogP contribution < -0.4 is 9.47 Å². The van der Waals surface area contributed by atoms with E-state index in [1.807, 2.05) is 6.92 Å². The Kier molecular flexibility index (Phi) is 9.61. The first-order valence-corrected chi connectivity index (χ1v) is 13.0. The highest BCUT2D eigenvalue weighted by atomic mass is 19.2. The van der Waals surface area contributed by atoms with E-state index in [0.717, 1.165) is 12.0 Å². The number of rotatable bonds is 12. The maximum atomic E-state index is 14.9. The average molecular weight is 551 g/mol. The molecule has 4 rings (SSSR count). The summed E-state index contributed by atoms with van der Waals surface area (Å²) >= 11 is 0. The molecule has 1 N–H and O–H groups in total. The molecule has 0 radical (unpaired) electrons. The van der Waals surface area contributed by atoms with Gasteiger partial charge in [0.1, 0.15) is 6.61 Å². The van der Waals surface area contributed by atoms with Crippen LogP contribution in [0.4, 0.5) is 17.6 Å². The van der Waals surface area contributed by atoms with Gasteiger partial charge in [-0.05, 0) is 59.4 Å². The number of hydrogen-bond donors (Lipinski definition) is 1. The Bertz CT molecular complexity index is 1450. The lowest BCUT2D eigenvalue weighted by Crippen LogP contribution is -2.01. The molecule has 0 aliphatic carbocycles. The molecule has 0 heterocycles. The van der Waals surface area contributed by atoms with Gasteiger partial charge in [-0.25, -0.2) is 8.78 Å². The maximum absolute atomic E-state index is 14.9. The summed E-state index contributed by atoms with van der Waals surface area (Å²) < 4.78 is 69.6. The van der Waals surface area contributed by atoms with Crippen molar-refractivity contribution in [2.75, 3.05) is 6.61 Å². The highest BCUT2D eigenvalue weighted by Crippen LogP contribution is 2.33. The molecule has 0 aliphatic heterocycles. The summed E-state index contributed by atoms with van der Waals surface area (Å²) in [6.07, 6.45) is 2.97. The quantitative estimate of drug-likeness (QED) is 0.109. The minimum Gasteiger partial charge on any atom is -0.490 e. The van der Waals surface area contributed by atoms with Crippen LogP contribution >= 0.6 is 0 Å². The van der Waals surface area contributed by atoms with Gasteiger partial charge in [0, 0.05) is 11.1 Å². The summed E-state index contributed by atoms with van der Waals surface area (Å²) in [5.41, 5.74) is 2.41.